The van der Waals surface area contributed by atoms with Crippen LogP contribution in [0.25, 0.3) is 0 Å². The van der Waals surface area contributed by atoms with E-state index in [1.165, 1.54) is 6.92 Å². The molecule has 3 amide bonds. The Morgan fingerprint density at radius 3 is 2.81 bits per heavy atom. The van der Waals surface area contributed by atoms with Crippen molar-refractivity contribution in [1.29, 1.82) is 0 Å². The summed E-state index contributed by atoms with van der Waals surface area (Å²) in [6, 6.07) is -0.843. The number of urea groups is 1. The third-order valence-electron chi connectivity index (χ3n) is 2.89. The molecule has 0 radical (unpaired) electrons. The Labute approximate surface area is 121 Å². The molecule has 0 aliphatic carbocycles. The lowest BCUT2D eigenvalue weighted by Crippen LogP contribution is -2.53. The third kappa shape index (κ3) is 3.73. The third-order valence-corrected chi connectivity index (χ3v) is 4.67. The minimum absolute atomic E-state index is 0.0362. The number of aromatic nitrogens is 2. The van der Waals surface area contributed by atoms with Gasteiger partial charge in [0.15, 0.2) is 5.25 Å². The van der Waals surface area contributed by atoms with Crippen molar-refractivity contribution < 1.29 is 18.0 Å². The SMILES string of the molecule is CC1=NC(=O)NC(=O)C1S(=O)(=O)NCCCn1ccnc1. The lowest BCUT2D eigenvalue weighted by Gasteiger charge is -2.20. The average molecular weight is 313 g/mol. The van der Waals surface area contributed by atoms with Crippen LogP contribution in [-0.2, 0) is 21.4 Å². The molecule has 1 aliphatic heterocycles. The van der Waals surface area contributed by atoms with Crippen molar-refractivity contribution in [2.75, 3.05) is 6.54 Å². The Morgan fingerprint density at radius 2 is 2.19 bits per heavy atom. The molecule has 10 heteroatoms. The van der Waals surface area contributed by atoms with Crippen molar-refractivity contribution in [1.82, 2.24) is 19.6 Å². The van der Waals surface area contributed by atoms with Gasteiger partial charge in [-0.05, 0) is 13.3 Å². The molecule has 0 saturated carbocycles. The fourth-order valence-electron chi connectivity index (χ4n) is 1.95. The lowest BCUT2D eigenvalue weighted by atomic mass is 10.2. The van der Waals surface area contributed by atoms with Gasteiger partial charge in [-0.15, -0.1) is 0 Å². The van der Waals surface area contributed by atoms with Crippen LogP contribution in [0.5, 0.6) is 0 Å². The lowest BCUT2D eigenvalue weighted by molar-refractivity contribution is -0.118. The summed E-state index contributed by atoms with van der Waals surface area (Å²) in [6.07, 6.45) is 5.57. The fourth-order valence-corrected chi connectivity index (χ4v) is 3.39. The van der Waals surface area contributed by atoms with Gasteiger partial charge in [0, 0.05) is 31.2 Å². The number of carbonyl (C=O) groups is 2. The molecule has 1 aliphatic rings. The van der Waals surface area contributed by atoms with E-state index in [1.54, 1.807) is 18.7 Å². The average Bonchev–Trinajstić information content (AvgIpc) is 2.86. The molecule has 0 spiro atoms. The highest BCUT2D eigenvalue weighted by molar-refractivity contribution is 7.91. The molecule has 0 bridgehead atoms. The number of nitrogens with one attached hydrogen (secondary N) is 2. The van der Waals surface area contributed by atoms with E-state index in [4.69, 9.17) is 0 Å². The minimum atomic E-state index is -3.92. The Kier molecular flexibility index (Phi) is 4.48. The molecule has 1 unspecified atom stereocenters. The Morgan fingerprint density at radius 1 is 1.43 bits per heavy atom. The number of amides is 3. The predicted octanol–water partition coefficient (Wildman–Crippen LogP) is -0.728. The highest BCUT2D eigenvalue weighted by atomic mass is 32.2. The van der Waals surface area contributed by atoms with E-state index in [1.807, 2.05) is 9.88 Å². The van der Waals surface area contributed by atoms with Gasteiger partial charge in [-0.2, -0.15) is 0 Å². The maximum atomic E-state index is 12.1. The van der Waals surface area contributed by atoms with Crippen molar-refractivity contribution in [3.63, 3.8) is 0 Å². The van der Waals surface area contributed by atoms with E-state index in [0.717, 1.165) is 0 Å². The molecular formula is C11H15N5O4S. The van der Waals surface area contributed by atoms with Gasteiger partial charge in [-0.1, -0.05) is 0 Å². The maximum Gasteiger partial charge on any atom is 0.347 e. The molecule has 2 rings (SSSR count). The first-order valence-electron chi connectivity index (χ1n) is 6.24. The van der Waals surface area contributed by atoms with Crippen molar-refractivity contribution in [3.05, 3.63) is 18.7 Å². The molecule has 0 saturated heterocycles. The van der Waals surface area contributed by atoms with E-state index in [9.17, 15) is 18.0 Å². The maximum absolute atomic E-state index is 12.1. The van der Waals surface area contributed by atoms with Crippen LogP contribution in [0.15, 0.2) is 23.7 Å². The van der Waals surface area contributed by atoms with Crippen molar-refractivity contribution in [2.24, 2.45) is 4.99 Å². The molecule has 1 aromatic rings. The van der Waals surface area contributed by atoms with Gasteiger partial charge in [0.25, 0.3) is 5.91 Å². The van der Waals surface area contributed by atoms with Gasteiger partial charge < -0.3 is 4.57 Å². The quantitative estimate of drug-likeness (QED) is 0.670. The molecule has 21 heavy (non-hydrogen) atoms. The standard InChI is InChI=1S/C11H15N5O4S/c1-8-9(10(17)15-11(18)14-8)21(19,20)13-3-2-5-16-6-4-12-7-16/h4,6-7,9,13H,2-3,5H2,1H3,(H,15,17,18). The van der Waals surface area contributed by atoms with Crippen molar-refractivity contribution in [3.8, 4) is 0 Å². The van der Waals surface area contributed by atoms with Crippen LogP contribution in [-0.4, -0.2) is 47.4 Å². The molecule has 9 nitrogen and oxygen atoms in total. The summed E-state index contributed by atoms with van der Waals surface area (Å²) < 4.78 is 28.3. The monoisotopic (exact) mass is 313 g/mol. The van der Waals surface area contributed by atoms with E-state index in [0.29, 0.717) is 13.0 Å². The number of sulfonamides is 1. The van der Waals surface area contributed by atoms with E-state index >= 15 is 0 Å². The molecule has 114 valence electrons. The van der Waals surface area contributed by atoms with Gasteiger partial charge in [-0.25, -0.2) is 27.9 Å². The Bertz CT molecular complexity index is 665. The minimum Gasteiger partial charge on any atom is -0.337 e. The van der Waals surface area contributed by atoms with Crippen LogP contribution in [0.1, 0.15) is 13.3 Å². The fraction of sp³-hybridized carbons (Fsp3) is 0.455. The zero-order valence-corrected chi connectivity index (χ0v) is 12.1. The van der Waals surface area contributed by atoms with E-state index in [2.05, 4.69) is 14.7 Å². The molecule has 1 atom stereocenters. The number of imidazole rings is 1. The molecule has 0 aromatic carbocycles. The number of aliphatic imine (C=N–C) groups is 1. The van der Waals surface area contributed by atoms with Crippen LogP contribution in [0.2, 0.25) is 0 Å². The number of rotatable bonds is 6. The summed E-state index contributed by atoms with van der Waals surface area (Å²) >= 11 is 0. The van der Waals surface area contributed by atoms with Crippen LogP contribution in [0, 0.1) is 0 Å². The largest absolute Gasteiger partial charge is 0.347 e. The molecular weight excluding hydrogens is 298 g/mol. The zero-order chi connectivity index (χ0) is 15.5. The number of imide groups is 1. The second kappa shape index (κ2) is 6.14. The first kappa shape index (κ1) is 15.3. The molecule has 0 fully saturated rings. The summed E-state index contributed by atoms with van der Waals surface area (Å²) in [5.74, 6) is -0.880. The van der Waals surface area contributed by atoms with Gasteiger partial charge in [0.05, 0.1) is 6.33 Å². The number of hydrogen-bond acceptors (Lipinski definition) is 5. The van der Waals surface area contributed by atoms with Crippen LogP contribution in [0.3, 0.4) is 0 Å². The van der Waals surface area contributed by atoms with Crippen molar-refractivity contribution >= 4 is 27.7 Å². The van der Waals surface area contributed by atoms with E-state index < -0.39 is 27.2 Å². The number of hydrogen-bond donors (Lipinski definition) is 2. The van der Waals surface area contributed by atoms with E-state index in [-0.39, 0.29) is 12.3 Å². The van der Waals surface area contributed by atoms with Crippen molar-refractivity contribution in [2.45, 2.75) is 25.1 Å². The first-order chi connectivity index (χ1) is 9.90. The second-order valence-corrected chi connectivity index (χ2v) is 6.37. The summed E-state index contributed by atoms with van der Waals surface area (Å²) in [6.45, 7) is 2.11. The second-order valence-electron chi connectivity index (χ2n) is 4.52. The summed E-state index contributed by atoms with van der Waals surface area (Å²) in [5, 5.41) is 0.413. The highest BCUT2D eigenvalue weighted by Crippen LogP contribution is 2.08. The van der Waals surface area contributed by atoms with Crippen LogP contribution < -0.4 is 10.0 Å². The molecule has 1 aromatic heterocycles. The smallest absolute Gasteiger partial charge is 0.337 e. The highest BCUT2D eigenvalue weighted by Gasteiger charge is 2.38. The molecule has 2 N–H and O–H groups in total. The van der Waals surface area contributed by atoms with Crippen LogP contribution in [0.4, 0.5) is 4.79 Å². The van der Waals surface area contributed by atoms with Gasteiger partial charge in [-0.3, -0.25) is 10.1 Å². The number of aryl methyl sites for hydroxylation is 1. The summed E-state index contributed by atoms with van der Waals surface area (Å²) in [4.78, 5) is 30.0. The zero-order valence-electron chi connectivity index (χ0n) is 11.3. The van der Waals surface area contributed by atoms with Gasteiger partial charge in [0.2, 0.25) is 10.0 Å². The number of nitrogens with zero attached hydrogens (tertiary/aromatic N) is 3. The first-order valence-corrected chi connectivity index (χ1v) is 7.79. The number of carbonyl (C=O) groups excluding carboxylic acids is 2. The Balaban J connectivity index is 1.93. The predicted molar refractivity (Wildman–Crippen MR) is 74.2 cm³/mol. The topological polar surface area (TPSA) is 123 Å². The molecule has 2 heterocycles. The summed E-state index contributed by atoms with van der Waals surface area (Å²) in [7, 11) is -3.92. The summed E-state index contributed by atoms with van der Waals surface area (Å²) in [5.41, 5.74) is -0.0362. The Hall–Kier alpha value is -2.07. The van der Waals surface area contributed by atoms with Gasteiger partial charge in [0.1, 0.15) is 0 Å². The van der Waals surface area contributed by atoms with Crippen LogP contribution >= 0.6 is 0 Å². The van der Waals surface area contributed by atoms with Gasteiger partial charge >= 0.3 is 6.03 Å². The normalized spacial score (nSPS) is 19.3.